The van der Waals surface area contributed by atoms with Gasteiger partial charge in [0, 0.05) is 6.54 Å². The number of ether oxygens (including phenoxy) is 1. The van der Waals surface area contributed by atoms with Crippen molar-refractivity contribution < 1.29 is 29.3 Å². The van der Waals surface area contributed by atoms with Crippen molar-refractivity contribution in [1.29, 1.82) is 0 Å². The predicted octanol–water partition coefficient (Wildman–Crippen LogP) is -0.267. The number of nitrogens with zero attached hydrogens (tertiary/aromatic N) is 1. The van der Waals surface area contributed by atoms with Gasteiger partial charge in [0.25, 0.3) is 0 Å². The van der Waals surface area contributed by atoms with Crippen LogP contribution in [0.5, 0.6) is 0 Å². The molecule has 3 atom stereocenters. The summed E-state index contributed by atoms with van der Waals surface area (Å²) in [6.45, 7) is 4.29. The first kappa shape index (κ1) is 15.2. The van der Waals surface area contributed by atoms with Crippen LogP contribution in [0.4, 0.5) is 4.79 Å². The average Bonchev–Trinajstić information content (AvgIpc) is 2.30. The Morgan fingerprint density at radius 3 is 2.53 bits per heavy atom. The molecule has 0 aromatic rings. The topological polar surface area (TPSA) is 116 Å². The molecule has 0 saturated carbocycles. The number of amides is 2. The maximum Gasteiger partial charge on any atom is 0.326 e. The van der Waals surface area contributed by atoms with E-state index in [1.54, 1.807) is 13.8 Å². The maximum absolute atomic E-state index is 12.0. The maximum atomic E-state index is 12.0. The van der Waals surface area contributed by atoms with Gasteiger partial charge in [-0.25, -0.2) is 9.59 Å². The van der Waals surface area contributed by atoms with Crippen molar-refractivity contribution in [3.05, 3.63) is 0 Å². The number of aliphatic carboxylic acids is 2. The first-order valence-corrected chi connectivity index (χ1v) is 5.94. The third kappa shape index (κ3) is 4.40. The summed E-state index contributed by atoms with van der Waals surface area (Å²) in [4.78, 5) is 34.8. The molecule has 0 aromatic heterocycles. The molecule has 0 spiro atoms. The Labute approximate surface area is 110 Å². The van der Waals surface area contributed by atoms with E-state index in [0.29, 0.717) is 13.2 Å². The van der Waals surface area contributed by atoms with Crippen LogP contribution in [0.1, 0.15) is 20.3 Å². The molecular weight excluding hydrogens is 256 g/mol. The van der Waals surface area contributed by atoms with Gasteiger partial charge in [-0.15, -0.1) is 0 Å². The van der Waals surface area contributed by atoms with Gasteiger partial charge in [-0.1, -0.05) is 0 Å². The molecule has 0 bridgehead atoms. The summed E-state index contributed by atoms with van der Waals surface area (Å²) in [5, 5.41) is 19.7. The van der Waals surface area contributed by atoms with E-state index in [4.69, 9.17) is 14.9 Å². The van der Waals surface area contributed by atoms with E-state index in [-0.39, 0.29) is 12.1 Å². The van der Waals surface area contributed by atoms with E-state index < -0.39 is 30.4 Å². The molecule has 0 radical (unpaired) electrons. The molecule has 2 unspecified atom stereocenters. The normalized spacial score (nSPS) is 24.6. The monoisotopic (exact) mass is 274 g/mol. The standard InChI is InChI=1S/C11H18N2O6/c1-6-5-19-7(2)4-13(6)11(18)12-8(10(16)17)3-9(14)15/h6-8H,3-5H2,1-2H3,(H,12,18)(H,14,15)(H,16,17)/t6?,7?,8-/m1/s1. The number of nitrogens with one attached hydrogen (secondary N) is 1. The van der Waals surface area contributed by atoms with Gasteiger partial charge in [-0.2, -0.15) is 0 Å². The Bertz CT molecular complexity index is 372. The summed E-state index contributed by atoms with van der Waals surface area (Å²) in [7, 11) is 0. The van der Waals surface area contributed by atoms with Crippen LogP contribution in [0, 0.1) is 0 Å². The van der Waals surface area contributed by atoms with Crippen molar-refractivity contribution in [2.75, 3.05) is 13.2 Å². The lowest BCUT2D eigenvalue weighted by molar-refractivity contribution is -0.145. The number of carboxylic acids is 2. The molecule has 8 heteroatoms. The zero-order chi connectivity index (χ0) is 14.6. The number of hydrogen-bond acceptors (Lipinski definition) is 4. The molecule has 1 aliphatic heterocycles. The zero-order valence-corrected chi connectivity index (χ0v) is 10.8. The molecule has 1 rings (SSSR count). The summed E-state index contributed by atoms with van der Waals surface area (Å²) in [6, 6.07) is -2.21. The van der Waals surface area contributed by atoms with Crippen molar-refractivity contribution >= 4 is 18.0 Å². The molecule has 19 heavy (non-hydrogen) atoms. The Morgan fingerprint density at radius 2 is 2.00 bits per heavy atom. The minimum Gasteiger partial charge on any atom is -0.481 e. The smallest absolute Gasteiger partial charge is 0.326 e. The minimum atomic E-state index is -1.43. The molecule has 1 aliphatic rings. The molecule has 108 valence electrons. The average molecular weight is 274 g/mol. The Balaban J connectivity index is 2.65. The second kappa shape index (κ2) is 6.37. The fraction of sp³-hybridized carbons (Fsp3) is 0.727. The molecule has 1 heterocycles. The SMILES string of the molecule is CC1CN(C(=O)N[C@H](CC(=O)O)C(=O)O)C(C)CO1. The summed E-state index contributed by atoms with van der Waals surface area (Å²) in [5.74, 6) is -2.65. The molecule has 2 amide bonds. The molecule has 3 N–H and O–H groups in total. The van der Waals surface area contributed by atoms with E-state index in [0.717, 1.165) is 0 Å². The van der Waals surface area contributed by atoms with Crippen LogP contribution in [0.15, 0.2) is 0 Å². The van der Waals surface area contributed by atoms with Crippen molar-refractivity contribution in [2.24, 2.45) is 0 Å². The zero-order valence-electron chi connectivity index (χ0n) is 10.8. The quantitative estimate of drug-likeness (QED) is 0.650. The van der Waals surface area contributed by atoms with Crippen LogP contribution in [0.2, 0.25) is 0 Å². The highest BCUT2D eigenvalue weighted by atomic mass is 16.5. The second-order valence-corrected chi connectivity index (χ2v) is 4.58. The van der Waals surface area contributed by atoms with Crippen molar-refractivity contribution in [3.63, 3.8) is 0 Å². The van der Waals surface area contributed by atoms with Gasteiger partial charge in [0.15, 0.2) is 0 Å². The molecule has 1 saturated heterocycles. The third-order valence-electron chi connectivity index (χ3n) is 2.84. The van der Waals surface area contributed by atoms with Crippen LogP contribution in [-0.2, 0) is 14.3 Å². The van der Waals surface area contributed by atoms with E-state index in [1.165, 1.54) is 4.90 Å². The second-order valence-electron chi connectivity index (χ2n) is 4.58. The molecule has 1 fully saturated rings. The number of carbonyl (C=O) groups excluding carboxylic acids is 1. The number of urea groups is 1. The van der Waals surface area contributed by atoms with Gasteiger partial charge in [0.1, 0.15) is 6.04 Å². The van der Waals surface area contributed by atoms with Gasteiger partial charge >= 0.3 is 18.0 Å². The highest BCUT2D eigenvalue weighted by molar-refractivity contribution is 5.86. The van der Waals surface area contributed by atoms with Crippen LogP contribution < -0.4 is 5.32 Å². The summed E-state index contributed by atoms with van der Waals surface area (Å²) in [5.41, 5.74) is 0. The molecule has 0 aromatic carbocycles. The summed E-state index contributed by atoms with van der Waals surface area (Å²) >= 11 is 0. The van der Waals surface area contributed by atoms with Gasteiger partial charge in [0.2, 0.25) is 0 Å². The van der Waals surface area contributed by atoms with Crippen LogP contribution >= 0.6 is 0 Å². The van der Waals surface area contributed by atoms with Gasteiger partial charge in [-0.05, 0) is 13.8 Å². The third-order valence-corrected chi connectivity index (χ3v) is 2.84. The van der Waals surface area contributed by atoms with Crippen LogP contribution in [0.25, 0.3) is 0 Å². The van der Waals surface area contributed by atoms with Gasteiger partial charge < -0.3 is 25.2 Å². The summed E-state index contributed by atoms with van der Waals surface area (Å²) < 4.78 is 5.36. The number of carbonyl (C=O) groups is 3. The Morgan fingerprint density at radius 1 is 1.37 bits per heavy atom. The Kier molecular flexibility index (Phi) is 5.11. The minimum absolute atomic E-state index is 0.135. The Hall–Kier alpha value is -1.83. The van der Waals surface area contributed by atoms with Crippen molar-refractivity contribution in [1.82, 2.24) is 10.2 Å². The lowest BCUT2D eigenvalue weighted by Gasteiger charge is -2.37. The van der Waals surface area contributed by atoms with Gasteiger partial charge in [0.05, 0.1) is 25.2 Å². The first-order chi connectivity index (χ1) is 8.81. The fourth-order valence-corrected chi connectivity index (χ4v) is 1.79. The van der Waals surface area contributed by atoms with E-state index >= 15 is 0 Å². The highest BCUT2D eigenvalue weighted by Crippen LogP contribution is 2.11. The van der Waals surface area contributed by atoms with Crippen LogP contribution in [0.3, 0.4) is 0 Å². The molecule has 0 aliphatic carbocycles. The number of morpholine rings is 1. The number of rotatable bonds is 4. The number of hydrogen-bond donors (Lipinski definition) is 3. The summed E-state index contributed by atoms with van der Waals surface area (Å²) in [6.07, 6.45) is -0.792. The van der Waals surface area contributed by atoms with Gasteiger partial charge in [-0.3, -0.25) is 4.79 Å². The fourth-order valence-electron chi connectivity index (χ4n) is 1.79. The predicted molar refractivity (Wildman–Crippen MR) is 63.8 cm³/mol. The van der Waals surface area contributed by atoms with Crippen molar-refractivity contribution in [2.45, 2.75) is 38.5 Å². The van der Waals surface area contributed by atoms with Crippen LogP contribution in [-0.4, -0.2) is 64.4 Å². The lowest BCUT2D eigenvalue weighted by Crippen LogP contribution is -2.56. The molecule has 8 nitrogen and oxygen atoms in total. The largest absolute Gasteiger partial charge is 0.481 e. The molecular formula is C11H18N2O6. The van der Waals surface area contributed by atoms with E-state index in [2.05, 4.69) is 5.32 Å². The first-order valence-electron chi connectivity index (χ1n) is 5.94. The number of carboxylic acid groups (broad SMARTS) is 2. The van der Waals surface area contributed by atoms with E-state index in [1.807, 2.05) is 0 Å². The van der Waals surface area contributed by atoms with E-state index in [9.17, 15) is 14.4 Å². The van der Waals surface area contributed by atoms with Crippen molar-refractivity contribution in [3.8, 4) is 0 Å². The lowest BCUT2D eigenvalue weighted by atomic mass is 10.2. The highest BCUT2D eigenvalue weighted by Gasteiger charge is 2.31.